The number of carboxylic acids is 1. The number of aliphatic hydroxyl groups excluding tert-OH is 1. The second-order valence-electron chi connectivity index (χ2n) is 7.53. The van der Waals surface area contributed by atoms with E-state index in [2.05, 4.69) is 6.92 Å². The van der Waals surface area contributed by atoms with Gasteiger partial charge in [-0.05, 0) is 25.7 Å². The number of carbonyl (C=O) groups is 2. The topological polar surface area (TPSA) is 86.7 Å². The van der Waals surface area contributed by atoms with Crippen LogP contribution in [0, 0.1) is 0 Å². The largest absolute Gasteiger partial charge is 0.550 e. The predicted octanol–water partition coefficient (Wildman–Crippen LogP) is 1.41. The van der Waals surface area contributed by atoms with Gasteiger partial charge >= 0.3 is 5.97 Å². The second kappa shape index (κ2) is 12.9. The highest BCUT2D eigenvalue weighted by Gasteiger charge is 2.22. The fourth-order valence-corrected chi connectivity index (χ4v) is 2.55. The Labute approximate surface area is 152 Å². The number of hydrogen-bond donors (Lipinski definition) is 1. The molecule has 146 valence electrons. The number of rotatable bonds is 14. The average Bonchev–Trinajstić information content (AvgIpc) is 2.44. The number of ether oxygens (including phenoxy) is 1. The molecular formula is C19H35NO5. The average molecular weight is 357 g/mol. The van der Waals surface area contributed by atoms with E-state index in [0.717, 1.165) is 25.7 Å². The number of nitrogens with zero attached hydrogens (tertiary/aromatic N) is 1. The van der Waals surface area contributed by atoms with Crippen molar-refractivity contribution in [2.24, 2.45) is 0 Å². The minimum atomic E-state index is -1.21. The van der Waals surface area contributed by atoms with E-state index in [9.17, 15) is 19.8 Å². The van der Waals surface area contributed by atoms with Crippen LogP contribution in [-0.4, -0.2) is 61.4 Å². The molecule has 0 aromatic heterocycles. The Bertz CT molecular complexity index is 415. The Morgan fingerprint density at radius 1 is 1.16 bits per heavy atom. The van der Waals surface area contributed by atoms with Crippen LogP contribution in [-0.2, 0) is 14.3 Å². The van der Waals surface area contributed by atoms with Crippen LogP contribution in [0.3, 0.4) is 0 Å². The minimum Gasteiger partial charge on any atom is -0.550 e. The van der Waals surface area contributed by atoms with E-state index < -0.39 is 12.1 Å². The lowest BCUT2D eigenvalue weighted by atomic mass is 10.1. The van der Waals surface area contributed by atoms with Gasteiger partial charge < -0.3 is 24.2 Å². The fourth-order valence-electron chi connectivity index (χ4n) is 2.55. The lowest BCUT2D eigenvalue weighted by molar-refractivity contribution is -0.873. The maximum Gasteiger partial charge on any atom is 0.306 e. The third kappa shape index (κ3) is 15.8. The smallest absolute Gasteiger partial charge is 0.306 e. The molecule has 0 spiro atoms. The Morgan fingerprint density at radius 3 is 2.40 bits per heavy atom. The van der Waals surface area contributed by atoms with Gasteiger partial charge in [-0.15, -0.1) is 0 Å². The van der Waals surface area contributed by atoms with E-state index in [4.69, 9.17) is 4.74 Å². The van der Waals surface area contributed by atoms with Crippen LogP contribution in [0.1, 0.15) is 58.3 Å². The summed E-state index contributed by atoms with van der Waals surface area (Å²) in [6.45, 7) is 2.48. The van der Waals surface area contributed by atoms with Crippen LogP contribution in [0.25, 0.3) is 0 Å². The zero-order valence-corrected chi connectivity index (χ0v) is 16.2. The number of aliphatic hydroxyl groups is 1. The SMILES string of the molecule is CC/C=C/CC(O)CCCCCC(=O)OC(CC(=O)[O-])C[N+](C)(C)C. The minimum absolute atomic E-state index is 0.270. The number of unbranched alkanes of at least 4 members (excludes halogenated alkanes) is 2. The second-order valence-corrected chi connectivity index (χ2v) is 7.53. The molecule has 0 bridgehead atoms. The van der Waals surface area contributed by atoms with Crippen molar-refractivity contribution in [3.05, 3.63) is 12.2 Å². The zero-order valence-electron chi connectivity index (χ0n) is 16.2. The first-order chi connectivity index (χ1) is 11.6. The number of aliphatic carboxylic acids is 1. The maximum absolute atomic E-state index is 11.9. The molecule has 6 heteroatoms. The summed E-state index contributed by atoms with van der Waals surface area (Å²) in [5, 5.41) is 20.6. The van der Waals surface area contributed by atoms with Crippen LogP contribution in [0.2, 0.25) is 0 Å². The highest BCUT2D eigenvalue weighted by Crippen LogP contribution is 2.11. The summed E-state index contributed by atoms with van der Waals surface area (Å²) in [4.78, 5) is 22.7. The first kappa shape index (κ1) is 23.6. The Hall–Kier alpha value is -1.40. The molecule has 0 saturated heterocycles. The highest BCUT2D eigenvalue weighted by atomic mass is 16.5. The van der Waals surface area contributed by atoms with Gasteiger partial charge in [0, 0.05) is 18.8 Å². The molecule has 6 nitrogen and oxygen atoms in total. The van der Waals surface area contributed by atoms with Crippen molar-refractivity contribution < 1.29 is 29.0 Å². The van der Waals surface area contributed by atoms with Crippen molar-refractivity contribution in [3.8, 4) is 0 Å². The van der Waals surface area contributed by atoms with Crippen molar-refractivity contribution in [1.82, 2.24) is 0 Å². The molecule has 0 aliphatic carbocycles. The molecule has 0 aromatic rings. The molecule has 0 aliphatic rings. The Balaban J connectivity index is 3.99. The predicted molar refractivity (Wildman–Crippen MR) is 95.5 cm³/mol. The van der Waals surface area contributed by atoms with Gasteiger partial charge in [0.1, 0.15) is 6.54 Å². The number of hydrogen-bond acceptors (Lipinski definition) is 5. The molecule has 0 amide bonds. The molecule has 0 aliphatic heterocycles. The summed E-state index contributed by atoms with van der Waals surface area (Å²) in [5.74, 6) is -1.58. The van der Waals surface area contributed by atoms with Gasteiger partial charge in [-0.2, -0.15) is 0 Å². The van der Waals surface area contributed by atoms with Gasteiger partial charge in [-0.3, -0.25) is 4.79 Å². The van der Waals surface area contributed by atoms with E-state index in [0.29, 0.717) is 23.9 Å². The summed E-state index contributed by atoms with van der Waals surface area (Å²) in [6, 6.07) is 0. The van der Waals surface area contributed by atoms with Gasteiger partial charge in [0.2, 0.25) is 0 Å². The normalized spacial score (nSPS) is 14.4. The lowest BCUT2D eigenvalue weighted by Gasteiger charge is -2.29. The summed E-state index contributed by atoms with van der Waals surface area (Å²) in [6.07, 6.45) is 7.78. The van der Waals surface area contributed by atoms with Crippen LogP contribution < -0.4 is 5.11 Å². The number of carboxylic acid groups (broad SMARTS) is 1. The molecule has 0 aromatic carbocycles. The van der Waals surface area contributed by atoms with Crippen molar-refractivity contribution in [3.63, 3.8) is 0 Å². The number of esters is 1. The van der Waals surface area contributed by atoms with Crippen molar-refractivity contribution in [2.45, 2.75) is 70.5 Å². The van der Waals surface area contributed by atoms with Crippen LogP contribution >= 0.6 is 0 Å². The van der Waals surface area contributed by atoms with E-state index in [1.807, 2.05) is 33.3 Å². The maximum atomic E-state index is 11.9. The number of likely N-dealkylation sites (N-methyl/N-ethyl adjacent to an activating group) is 1. The van der Waals surface area contributed by atoms with Crippen LogP contribution in [0.15, 0.2) is 12.2 Å². The van der Waals surface area contributed by atoms with Gasteiger partial charge in [-0.25, -0.2) is 0 Å². The highest BCUT2D eigenvalue weighted by molar-refractivity contribution is 5.70. The zero-order chi connectivity index (χ0) is 19.3. The first-order valence-electron chi connectivity index (χ1n) is 9.17. The standard InChI is InChI=1S/C19H35NO5/c1-5-6-8-11-16(21)12-9-7-10-13-19(24)25-17(14-18(22)23)15-20(2,3)4/h6,8,16-17,21H,5,7,9-15H2,1-4H3/b8-6+. The van der Waals surface area contributed by atoms with Gasteiger partial charge in [0.25, 0.3) is 0 Å². The number of carbonyl (C=O) groups excluding carboxylic acids is 2. The van der Waals surface area contributed by atoms with Crippen molar-refractivity contribution in [2.75, 3.05) is 27.7 Å². The third-order valence-electron chi connectivity index (χ3n) is 3.67. The molecule has 0 radical (unpaired) electrons. The fraction of sp³-hybridized carbons (Fsp3) is 0.789. The van der Waals surface area contributed by atoms with Crippen LogP contribution in [0.4, 0.5) is 0 Å². The summed E-state index contributed by atoms with van der Waals surface area (Å²) in [5.41, 5.74) is 0. The van der Waals surface area contributed by atoms with E-state index in [1.165, 1.54) is 0 Å². The number of quaternary nitrogens is 1. The van der Waals surface area contributed by atoms with Crippen molar-refractivity contribution >= 4 is 11.9 Å². The molecule has 2 atom stereocenters. The molecule has 2 unspecified atom stereocenters. The van der Waals surface area contributed by atoms with E-state index in [1.54, 1.807) is 0 Å². The molecule has 0 saturated carbocycles. The lowest BCUT2D eigenvalue weighted by Crippen LogP contribution is -2.45. The number of allylic oxidation sites excluding steroid dienone is 1. The van der Waals surface area contributed by atoms with E-state index in [-0.39, 0.29) is 24.9 Å². The van der Waals surface area contributed by atoms with E-state index >= 15 is 0 Å². The van der Waals surface area contributed by atoms with Gasteiger partial charge in [-0.1, -0.05) is 31.9 Å². The molecule has 0 heterocycles. The molecule has 1 N–H and O–H groups in total. The van der Waals surface area contributed by atoms with Crippen molar-refractivity contribution in [1.29, 1.82) is 0 Å². The summed E-state index contributed by atoms with van der Waals surface area (Å²) in [7, 11) is 5.74. The van der Waals surface area contributed by atoms with Crippen LogP contribution in [0.5, 0.6) is 0 Å². The molecule has 0 fully saturated rings. The van der Waals surface area contributed by atoms with Gasteiger partial charge in [0.15, 0.2) is 6.10 Å². The third-order valence-corrected chi connectivity index (χ3v) is 3.67. The first-order valence-corrected chi connectivity index (χ1v) is 9.17. The van der Waals surface area contributed by atoms with Gasteiger partial charge in [0.05, 0.1) is 27.2 Å². The molecular weight excluding hydrogens is 322 g/mol. The Kier molecular flexibility index (Phi) is 12.2. The molecule has 25 heavy (non-hydrogen) atoms. The molecule has 0 rings (SSSR count). The quantitative estimate of drug-likeness (QED) is 0.220. The monoisotopic (exact) mass is 357 g/mol. The Morgan fingerprint density at radius 2 is 1.84 bits per heavy atom. The summed E-state index contributed by atoms with van der Waals surface area (Å²) < 4.78 is 5.81. The summed E-state index contributed by atoms with van der Waals surface area (Å²) >= 11 is 0.